The van der Waals surface area contributed by atoms with Crippen LogP contribution in [0, 0.1) is 0 Å². The van der Waals surface area contributed by atoms with E-state index in [9.17, 15) is 18.0 Å². The number of alkyl halides is 3. The van der Waals surface area contributed by atoms with Crippen molar-refractivity contribution in [1.82, 2.24) is 0 Å². The van der Waals surface area contributed by atoms with Gasteiger partial charge in [0.2, 0.25) is 0 Å². The third kappa shape index (κ3) is 4.15. The summed E-state index contributed by atoms with van der Waals surface area (Å²) >= 11 is 9.74. The van der Waals surface area contributed by atoms with Crippen LogP contribution in [-0.4, -0.2) is 5.91 Å². The summed E-state index contributed by atoms with van der Waals surface area (Å²) in [7, 11) is 0. The fraction of sp³-hybridized carbons (Fsp3) is 0.0714. The molecule has 0 aromatic heterocycles. The number of hydrogen-bond donors (Lipinski definition) is 2. The number of thiol groups is 1. The number of carbonyl (C=O) groups excluding carboxylic acids is 1. The average molecular weight is 332 g/mol. The fourth-order valence-corrected chi connectivity index (χ4v) is 2.14. The molecular weight excluding hydrogens is 323 g/mol. The lowest BCUT2D eigenvalue weighted by Gasteiger charge is -2.11. The van der Waals surface area contributed by atoms with E-state index < -0.39 is 17.6 Å². The lowest BCUT2D eigenvalue weighted by atomic mass is 10.1. The molecule has 0 aliphatic heterocycles. The van der Waals surface area contributed by atoms with Gasteiger partial charge in [-0.3, -0.25) is 4.79 Å². The number of benzene rings is 2. The number of carbonyl (C=O) groups is 1. The molecule has 0 unspecified atom stereocenters. The smallest absolute Gasteiger partial charge is 0.322 e. The second-order valence-electron chi connectivity index (χ2n) is 4.23. The van der Waals surface area contributed by atoms with Crippen molar-refractivity contribution in [2.24, 2.45) is 0 Å². The topological polar surface area (TPSA) is 29.1 Å². The molecule has 0 fully saturated rings. The molecule has 1 N–H and O–H groups in total. The van der Waals surface area contributed by atoms with E-state index in [0.717, 1.165) is 12.1 Å². The maximum atomic E-state index is 12.7. The molecule has 2 aromatic rings. The van der Waals surface area contributed by atoms with Gasteiger partial charge in [-0.05, 0) is 36.4 Å². The van der Waals surface area contributed by atoms with Gasteiger partial charge in [0.1, 0.15) is 0 Å². The molecule has 2 nitrogen and oxygen atoms in total. The zero-order valence-electron chi connectivity index (χ0n) is 10.4. The molecule has 2 rings (SSSR count). The van der Waals surface area contributed by atoms with E-state index in [1.54, 1.807) is 12.1 Å². The molecule has 0 atom stereocenters. The molecule has 110 valence electrons. The predicted molar refractivity (Wildman–Crippen MR) is 78.1 cm³/mol. The Bertz CT molecular complexity index is 688. The summed E-state index contributed by atoms with van der Waals surface area (Å²) in [5.74, 6) is -0.540. The molecule has 0 spiro atoms. The third-order valence-corrected chi connectivity index (χ3v) is 3.09. The quantitative estimate of drug-likeness (QED) is 0.753. The molecule has 0 radical (unpaired) electrons. The molecule has 7 heteroatoms. The Hall–Kier alpha value is -1.66. The van der Waals surface area contributed by atoms with Crippen LogP contribution < -0.4 is 5.32 Å². The van der Waals surface area contributed by atoms with Crippen LogP contribution in [0.5, 0.6) is 0 Å². The summed E-state index contributed by atoms with van der Waals surface area (Å²) in [5, 5.41) is 2.27. The maximum absolute atomic E-state index is 12.7. The van der Waals surface area contributed by atoms with Crippen molar-refractivity contribution >= 4 is 35.8 Å². The van der Waals surface area contributed by atoms with Crippen LogP contribution in [-0.2, 0) is 6.18 Å². The second-order valence-corrected chi connectivity index (χ2v) is 5.18. The molecule has 21 heavy (non-hydrogen) atoms. The molecule has 0 saturated heterocycles. The highest BCUT2D eigenvalue weighted by atomic mass is 35.5. The molecular formula is C14H9ClF3NOS. The highest BCUT2D eigenvalue weighted by Gasteiger charge is 2.31. The summed E-state index contributed by atoms with van der Waals surface area (Å²) in [6, 6.07) is 9.22. The van der Waals surface area contributed by atoms with Crippen molar-refractivity contribution in [2.75, 3.05) is 5.32 Å². The standard InChI is InChI=1S/C14H9ClF3NOS/c15-10-5-9(14(16,17)18)6-11(7-10)19-13(20)8-2-1-3-12(21)4-8/h1-7,21H,(H,19,20). The molecule has 0 bridgehead atoms. The summed E-state index contributed by atoms with van der Waals surface area (Å²) in [6.07, 6.45) is -4.53. The zero-order chi connectivity index (χ0) is 15.6. The third-order valence-electron chi connectivity index (χ3n) is 2.59. The highest BCUT2D eigenvalue weighted by molar-refractivity contribution is 7.80. The van der Waals surface area contributed by atoms with Gasteiger partial charge >= 0.3 is 6.18 Å². The normalized spacial score (nSPS) is 11.3. The minimum absolute atomic E-state index is 0.0237. The Morgan fingerprint density at radius 1 is 1.14 bits per heavy atom. The molecule has 0 aliphatic carbocycles. The average Bonchev–Trinajstić information content (AvgIpc) is 2.37. The van der Waals surface area contributed by atoms with Gasteiger partial charge in [0.05, 0.1) is 5.56 Å². The van der Waals surface area contributed by atoms with E-state index >= 15 is 0 Å². The summed E-state index contributed by atoms with van der Waals surface area (Å²) in [5.41, 5.74) is -0.659. The summed E-state index contributed by atoms with van der Waals surface area (Å²) < 4.78 is 38.0. The SMILES string of the molecule is O=C(Nc1cc(Cl)cc(C(F)(F)F)c1)c1cccc(S)c1. The summed E-state index contributed by atoms with van der Waals surface area (Å²) in [6.45, 7) is 0. The van der Waals surface area contributed by atoms with Crippen LogP contribution in [0.3, 0.4) is 0 Å². The minimum Gasteiger partial charge on any atom is -0.322 e. The molecule has 1 amide bonds. The van der Waals surface area contributed by atoms with Crippen LogP contribution in [0.1, 0.15) is 15.9 Å². The van der Waals surface area contributed by atoms with Crippen LogP contribution in [0.2, 0.25) is 5.02 Å². The number of amides is 1. The molecule has 2 aromatic carbocycles. The molecule has 0 saturated carbocycles. The Kier molecular flexibility index (Phi) is 4.49. The van der Waals surface area contributed by atoms with Gasteiger partial charge in [0.25, 0.3) is 5.91 Å². The van der Waals surface area contributed by atoms with Gasteiger partial charge in [-0.1, -0.05) is 17.7 Å². The van der Waals surface area contributed by atoms with Crippen molar-refractivity contribution in [3.63, 3.8) is 0 Å². The predicted octanol–water partition coefficient (Wildman–Crippen LogP) is 4.90. The van der Waals surface area contributed by atoms with E-state index in [4.69, 9.17) is 11.6 Å². The Balaban J connectivity index is 2.27. The van der Waals surface area contributed by atoms with E-state index in [2.05, 4.69) is 17.9 Å². The largest absolute Gasteiger partial charge is 0.416 e. The van der Waals surface area contributed by atoms with E-state index in [-0.39, 0.29) is 16.3 Å². The van der Waals surface area contributed by atoms with Gasteiger partial charge in [0.15, 0.2) is 0 Å². The Labute approximate surface area is 129 Å². The van der Waals surface area contributed by atoms with Crippen LogP contribution in [0.4, 0.5) is 18.9 Å². The maximum Gasteiger partial charge on any atom is 0.416 e. The Morgan fingerprint density at radius 3 is 2.48 bits per heavy atom. The number of anilines is 1. The minimum atomic E-state index is -4.53. The van der Waals surface area contributed by atoms with Gasteiger partial charge in [-0.15, -0.1) is 12.6 Å². The number of rotatable bonds is 2. The first-order valence-corrected chi connectivity index (χ1v) is 6.56. The number of halogens is 4. The lowest BCUT2D eigenvalue weighted by Crippen LogP contribution is -2.13. The van der Waals surface area contributed by atoms with Gasteiger partial charge in [0, 0.05) is 21.2 Å². The number of hydrogen-bond acceptors (Lipinski definition) is 2. The first-order valence-electron chi connectivity index (χ1n) is 5.74. The van der Waals surface area contributed by atoms with Crippen molar-refractivity contribution in [3.8, 4) is 0 Å². The lowest BCUT2D eigenvalue weighted by molar-refractivity contribution is -0.137. The van der Waals surface area contributed by atoms with E-state index in [1.165, 1.54) is 18.2 Å². The number of nitrogens with one attached hydrogen (secondary N) is 1. The molecule has 0 heterocycles. The van der Waals surface area contributed by atoms with Crippen LogP contribution in [0.25, 0.3) is 0 Å². The second kappa shape index (κ2) is 5.99. The van der Waals surface area contributed by atoms with Crippen molar-refractivity contribution in [2.45, 2.75) is 11.1 Å². The monoisotopic (exact) mass is 331 g/mol. The van der Waals surface area contributed by atoms with Gasteiger partial charge < -0.3 is 5.32 Å². The van der Waals surface area contributed by atoms with Gasteiger partial charge in [-0.25, -0.2) is 0 Å². The summed E-state index contributed by atoms with van der Waals surface area (Å²) in [4.78, 5) is 12.5. The first-order chi connectivity index (χ1) is 9.75. The highest BCUT2D eigenvalue weighted by Crippen LogP contribution is 2.33. The Morgan fingerprint density at radius 2 is 1.86 bits per heavy atom. The fourth-order valence-electron chi connectivity index (χ4n) is 1.68. The van der Waals surface area contributed by atoms with E-state index in [0.29, 0.717) is 4.90 Å². The van der Waals surface area contributed by atoms with E-state index in [1.807, 2.05) is 0 Å². The van der Waals surface area contributed by atoms with Crippen LogP contribution in [0.15, 0.2) is 47.4 Å². The first kappa shape index (κ1) is 15.7. The van der Waals surface area contributed by atoms with Crippen molar-refractivity contribution in [1.29, 1.82) is 0 Å². The van der Waals surface area contributed by atoms with Gasteiger partial charge in [-0.2, -0.15) is 13.2 Å². The zero-order valence-corrected chi connectivity index (χ0v) is 12.1. The molecule has 0 aliphatic rings. The van der Waals surface area contributed by atoms with Crippen molar-refractivity contribution in [3.05, 3.63) is 58.6 Å². The van der Waals surface area contributed by atoms with Crippen molar-refractivity contribution < 1.29 is 18.0 Å². The van der Waals surface area contributed by atoms with Crippen LogP contribution >= 0.6 is 24.2 Å².